The average Bonchev–Trinajstić information content (AvgIpc) is 3.64. The number of halogens is 4. The minimum absolute atomic E-state index is 0.00885. The van der Waals surface area contributed by atoms with Crippen molar-refractivity contribution in [3.05, 3.63) is 75.5 Å². The summed E-state index contributed by atoms with van der Waals surface area (Å²) in [4.78, 5) is 25.5. The molecule has 1 aliphatic rings. The number of rotatable bonds is 14. The SMILES string of the molecule is C=CC(=O)N1CCN(c2nc(OC)nc3c(F)c(/C=C/C=C/F)c(Cl)cc23)CC1C.CC(C)c1sccc1C#N.CCCCCCC(C)CC(F)CC. The number of carbonyl (C=O) groups excluding carboxylic acids is 1. The van der Waals surface area contributed by atoms with Crippen LogP contribution < -0.4 is 9.64 Å². The molecule has 1 amide bonds. The Labute approximate surface area is 323 Å². The first kappa shape index (κ1) is 45.3. The van der Waals surface area contributed by atoms with Gasteiger partial charge in [0.05, 0.1) is 24.0 Å². The van der Waals surface area contributed by atoms with E-state index in [9.17, 15) is 13.6 Å². The number of ether oxygens (including phenoxy) is 1. The van der Waals surface area contributed by atoms with E-state index in [2.05, 4.69) is 50.3 Å². The van der Waals surface area contributed by atoms with Crippen molar-refractivity contribution in [3.8, 4) is 12.1 Å². The van der Waals surface area contributed by atoms with Crippen molar-refractivity contribution in [1.82, 2.24) is 14.9 Å². The number of methoxy groups -OCH3 is 1. The van der Waals surface area contributed by atoms with Gasteiger partial charge in [0.15, 0.2) is 5.82 Å². The molecule has 0 N–H and O–H groups in total. The molecule has 0 saturated carbocycles. The predicted octanol–water partition coefficient (Wildman–Crippen LogP) is 11.6. The molecule has 0 aliphatic carbocycles. The highest BCUT2D eigenvalue weighted by Crippen LogP contribution is 2.35. The van der Waals surface area contributed by atoms with Gasteiger partial charge in [0.25, 0.3) is 0 Å². The summed E-state index contributed by atoms with van der Waals surface area (Å²) in [6, 6.07) is 5.53. The summed E-state index contributed by atoms with van der Waals surface area (Å²) in [5, 5.41) is 11.1. The zero-order valence-electron chi connectivity index (χ0n) is 32.2. The van der Waals surface area contributed by atoms with E-state index in [1.165, 1.54) is 62.3 Å². The fourth-order valence-corrected chi connectivity index (χ4v) is 7.07. The molecule has 4 rings (SSSR count). The number of hydrogen-bond acceptors (Lipinski definition) is 7. The Balaban J connectivity index is 0.000000346. The number of nitrogens with zero attached hydrogens (tertiary/aromatic N) is 5. The number of alkyl halides is 1. The van der Waals surface area contributed by atoms with E-state index >= 15 is 4.39 Å². The maximum Gasteiger partial charge on any atom is 0.318 e. The third-order valence-corrected chi connectivity index (χ3v) is 10.4. The molecule has 2 aromatic heterocycles. The molecule has 3 aromatic rings. The first-order valence-electron chi connectivity index (χ1n) is 18.3. The lowest BCUT2D eigenvalue weighted by Crippen LogP contribution is -2.54. The standard InChI is InChI=1S/C21H21ClF2N4O2.C12H25F.C8H9NS/c1-4-17(29)28-10-9-27(12-13(28)2)20-15-11-16(22)14(7-5-6-8-23)18(24)19(15)25-21(26-20)30-3;1-4-6-7-8-9-11(3)10-12(13)5-2;1-6(2)8-7(5-9)3-4-10-8/h4-8,11,13H,1,9-10,12H2,2-3H3;11-12H,4-10H2,1-3H3;3-4,6H,1-2H3/b7-5+,8-6+;;. The zero-order chi connectivity index (χ0) is 39.5. The van der Waals surface area contributed by atoms with Gasteiger partial charge in [-0.25, -0.2) is 13.2 Å². The highest BCUT2D eigenvalue weighted by Gasteiger charge is 2.29. The third-order valence-electron chi connectivity index (χ3n) is 8.88. The molecule has 3 unspecified atom stereocenters. The lowest BCUT2D eigenvalue weighted by molar-refractivity contribution is -0.128. The molecule has 3 heterocycles. The van der Waals surface area contributed by atoms with Gasteiger partial charge in [-0.05, 0) is 61.3 Å². The number of hydrogen-bond donors (Lipinski definition) is 0. The van der Waals surface area contributed by atoms with E-state index in [4.69, 9.17) is 21.6 Å². The Morgan fingerprint density at radius 1 is 1.21 bits per heavy atom. The van der Waals surface area contributed by atoms with Crippen LogP contribution in [0.1, 0.15) is 108 Å². The van der Waals surface area contributed by atoms with E-state index in [0.29, 0.717) is 55.4 Å². The summed E-state index contributed by atoms with van der Waals surface area (Å²) in [6.45, 7) is 17.4. The molecule has 12 heteroatoms. The summed E-state index contributed by atoms with van der Waals surface area (Å²) >= 11 is 7.97. The number of amides is 1. The van der Waals surface area contributed by atoms with Crippen molar-refractivity contribution >= 4 is 51.6 Å². The fraction of sp³-hybridized carbons (Fsp3) is 0.512. The number of aromatic nitrogens is 2. The van der Waals surface area contributed by atoms with Gasteiger partial charge in [-0.15, -0.1) is 11.3 Å². The summed E-state index contributed by atoms with van der Waals surface area (Å²) in [6.07, 6.45) is 12.8. The van der Waals surface area contributed by atoms with Crippen LogP contribution in [-0.2, 0) is 4.79 Å². The van der Waals surface area contributed by atoms with Gasteiger partial charge in [0, 0.05) is 41.5 Å². The summed E-state index contributed by atoms with van der Waals surface area (Å²) in [7, 11) is 1.40. The van der Waals surface area contributed by atoms with Crippen LogP contribution in [0.2, 0.25) is 5.02 Å². The normalized spacial score (nSPS) is 15.5. The molecule has 1 aromatic carbocycles. The van der Waals surface area contributed by atoms with Crippen LogP contribution in [0.3, 0.4) is 0 Å². The van der Waals surface area contributed by atoms with Crippen molar-refractivity contribution in [2.75, 3.05) is 31.6 Å². The summed E-state index contributed by atoms with van der Waals surface area (Å²) in [5.74, 6) is 0.729. The molecule has 1 saturated heterocycles. The van der Waals surface area contributed by atoms with Crippen molar-refractivity contribution in [1.29, 1.82) is 5.26 Å². The molecule has 7 nitrogen and oxygen atoms in total. The second-order valence-corrected chi connectivity index (χ2v) is 14.7. The fourth-order valence-electron chi connectivity index (χ4n) is 5.95. The Morgan fingerprint density at radius 2 is 1.94 bits per heavy atom. The minimum Gasteiger partial charge on any atom is -0.467 e. The second-order valence-electron chi connectivity index (χ2n) is 13.4. The number of nitriles is 1. The van der Waals surface area contributed by atoms with Crippen molar-refractivity contribution in [2.24, 2.45) is 5.92 Å². The van der Waals surface area contributed by atoms with Gasteiger partial charge in [-0.1, -0.05) is 97.1 Å². The topological polar surface area (TPSA) is 82.3 Å². The van der Waals surface area contributed by atoms with Crippen LogP contribution >= 0.6 is 22.9 Å². The first-order chi connectivity index (χ1) is 25.4. The lowest BCUT2D eigenvalue weighted by Gasteiger charge is -2.40. The maximum atomic E-state index is 15.2. The number of thiophene rings is 1. The van der Waals surface area contributed by atoms with Crippen LogP contribution in [0.5, 0.6) is 6.01 Å². The van der Waals surface area contributed by atoms with Gasteiger partial charge >= 0.3 is 6.01 Å². The third kappa shape index (κ3) is 13.8. The van der Waals surface area contributed by atoms with Crippen LogP contribution in [0, 0.1) is 23.1 Å². The quantitative estimate of drug-likeness (QED) is 0.0921. The summed E-state index contributed by atoms with van der Waals surface area (Å²) in [5.41, 5.74) is 0.964. The maximum absolute atomic E-state index is 15.2. The number of piperazine rings is 1. The Hall–Kier alpha value is -3.88. The highest BCUT2D eigenvalue weighted by molar-refractivity contribution is 7.10. The molecule has 3 atom stereocenters. The molecule has 53 heavy (non-hydrogen) atoms. The number of benzene rings is 1. The Kier molecular flexibility index (Phi) is 20.3. The monoisotopic (exact) mass is 773 g/mol. The number of unbranched alkanes of at least 4 members (excludes halogenated alkanes) is 3. The van der Waals surface area contributed by atoms with Crippen LogP contribution in [-0.4, -0.2) is 59.7 Å². The van der Waals surface area contributed by atoms with E-state index in [0.717, 1.165) is 18.1 Å². The smallest absolute Gasteiger partial charge is 0.318 e. The minimum atomic E-state index is -0.656. The number of anilines is 1. The van der Waals surface area contributed by atoms with Crippen molar-refractivity contribution in [2.45, 2.75) is 105 Å². The van der Waals surface area contributed by atoms with Gasteiger partial charge < -0.3 is 14.5 Å². The molecular weight excluding hydrogens is 719 g/mol. The molecule has 1 aliphatic heterocycles. The Bertz CT molecular complexity index is 1710. The molecule has 0 bridgehead atoms. The van der Waals surface area contributed by atoms with E-state index in [1.54, 1.807) is 22.3 Å². The van der Waals surface area contributed by atoms with Crippen molar-refractivity contribution < 1.29 is 22.7 Å². The van der Waals surface area contributed by atoms with Crippen LogP contribution in [0.4, 0.5) is 19.0 Å². The van der Waals surface area contributed by atoms with Gasteiger partial charge in [0.2, 0.25) is 5.91 Å². The molecule has 1 fully saturated rings. The van der Waals surface area contributed by atoms with Crippen LogP contribution in [0.15, 0.2) is 48.6 Å². The largest absolute Gasteiger partial charge is 0.467 e. The molecule has 290 valence electrons. The average molecular weight is 774 g/mol. The van der Waals surface area contributed by atoms with Gasteiger partial charge in [0.1, 0.15) is 23.6 Å². The van der Waals surface area contributed by atoms with E-state index in [-0.39, 0.29) is 34.1 Å². The highest BCUT2D eigenvalue weighted by atomic mass is 35.5. The molecular formula is C41H55ClF3N5O2S. The van der Waals surface area contributed by atoms with Gasteiger partial charge in [-0.3, -0.25) is 4.79 Å². The van der Waals surface area contributed by atoms with E-state index < -0.39 is 12.0 Å². The number of allylic oxidation sites excluding steroid dienone is 2. The van der Waals surface area contributed by atoms with E-state index in [1.807, 2.05) is 30.2 Å². The van der Waals surface area contributed by atoms with Crippen LogP contribution in [0.25, 0.3) is 17.0 Å². The summed E-state index contributed by atoms with van der Waals surface area (Å²) < 4.78 is 45.6. The van der Waals surface area contributed by atoms with Crippen molar-refractivity contribution in [3.63, 3.8) is 0 Å². The number of carbonyl (C=O) groups is 1. The first-order valence-corrected chi connectivity index (χ1v) is 19.6. The zero-order valence-corrected chi connectivity index (χ0v) is 33.8. The Morgan fingerprint density at radius 3 is 2.51 bits per heavy atom. The lowest BCUT2D eigenvalue weighted by atomic mass is 9.96. The number of fused-ring (bicyclic) bond motifs is 1. The van der Waals surface area contributed by atoms with Gasteiger partial charge in [-0.2, -0.15) is 15.2 Å². The second kappa shape index (κ2) is 23.7. The molecule has 0 spiro atoms. The molecule has 0 radical (unpaired) electrons. The predicted molar refractivity (Wildman–Crippen MR) is 215 cm³/mol.